The molecule has 0 saturated carbocycles. The number of rotatable bonds is 3. The molecule has 0 amide bonds. The Hall–Kier alpha value is -0.740. The minimum Gasteiger partial charge on any atom is -0.373 e. The van der Waals surface area contributed by atoms with Gasteiger partial charge in [-0.05, 0) is 20.8 Å². The Bertz CT molecular complexity index is 630. The molecule has 0 N–H and O–H groups in total. The molecular formula is C14H24N4O3S2. The van der Waals surface area contributed by atoms with E-state index in [9.17, 15) is 8.42 Å². The van der Waals surface area contributed by atoms with Crippen molar-refractivity contribution in [2.24, 2.45) is 0 Å². The molecule has 1 aromatic rings. The van der Waals surface area contributed by atoms with Gasteiger partial charge in [0.15, 0.2) is 5.13 Å². The van der Waals surface area contributed by atoms with Gasteiger partial charge in [0.1, 0.15) is 0 Å². The van der Waals surface area contributed by atoms with Gasteiger partial charge in [-0.1, -0.05) is 0 Å². The van der Waals surface area contributed by atoms with E-state index in [1.54, 1.807) is 19.9 Å². The lowest BCUT2D eigenvalue weighted by Gasteiger charge is -2.40. The van der Waals surface area contributed by atoms with Gasteiger partial charge in [0, 0.05) is 50.3 Å². The number of aromatic nitrogens is 1. The van der Waals surface area contributed by atoms with E-state index in [1.165, 1.54) is 4.88 Å². The third kappa shape index (κ3) is 3.69. The van der Waals surface area contributed by atoms with Crippen LogP contribution >= 0.6 is 11.3 Å². The molecule has 0 radical (unpaired) electrons. The molecule has 2 atom stereocenters. The summed E-state index contributed by atoms with van der Waals surface area (Å²) >= 11 is 1.65. The van der Waals surface area contributed by atoms with Crippen LogP contribution in [0.4, 0.5) is 5.13 Å². The van der Waals surface area contributed by atoms with Crippen molar-refractivity contribution in [2.75, 3.05) is 44.2 Å². The predicted molar refractivity (Wildman–Crippen MR) is 91.1 cm³/mol. The monoisotopic (exact) mass is 360 g/mol. The molecule has 9 heteroatoms. The van der Waals surface area contributed by atoms with E-state index < -0.39 is 10.2 Å². The molecule has 23 heavy (non-hydrogen) atoms. The van der Waals surface area contributed by atoms with Crippen LogP contribution in [0.25, 0.3) is 0 Å². The van der Waals surface area contributed by atoms with Crippen molar-refractivity contribution in [3.63, 3.8) is 0 Å². The Morgan fingerprint density at radius 1 is 1.13 bits per heavy atom. The van der Waals surface area contributed by atoms with E-state index in [0.29, 0.717) is 39.3 Å². The fourth-order valence-corrected chi connectivity index (χ4v) is 5.64. The first-order valence-corrected chi connectivity index (χ1v) is 10.2. The molecular weight excluding hydrogens is 336 g/mol. The van der Waals surface area contributed by atoms with Crippen molar-refractivity contribution >= 4 is 26.7 Å². The number of thiazole rings is 1. The first-order valence-electron chi connectivity index (χ1n) is 7.94. The number of nitrogens with zero attached hydrogens (tertiary/aromatic N) is 4. The van der Waals surface area contributed by atoms with Crippen LogP contribution in [0.15, 0.2) is 6.20 Å². The molecule has 0 spiro atoms. The second-order valence-electron chi connectivity index (χ2n) is 6.22. The summed E-state index contributed by atoms with van der Waals surface area (Å²) in [7, 11) is -3.41. The van der Waals surface area contributed by atoms with E-state index in [-0.39, 0.29) is 12.2 Å². The standard InChI is InChI=1S/C14H24N4O3S2/c1-11-9-18(10-12(2)21-11)23(19,20)17-6-4-16(5-7-17)14-15-8-13(3)22-14/h8,11-12H,4-7,9-10H2,1-3H3. The lowest BCUT2D eigenvalue weighted by Crippen LogP contribution is -2.57. The average Bonchev–Trinajstić information content (AvgIpc) is 2.93. The van der Waals surface area contributed by atoms with Gasteiger partial charge in [-0.15, -0.1) is 11.3 Å². The Balaban J connectivity index is 1.64. The topological polar surface area (TPSA) is 66.0 Å². The van der Waals surface area contributed by atoms with Crippen LogP contribution in [-0.2, 0) is 14.9 Å². The van der Waals surface area contributed by atoms with Crippen molar-refractivity contribution in [3.05, 3.63) is 11.1 Å². The Morgan fingerprint density at radius 2 is 1.74 bits per heavy atom. The number of aryl methyl sites for hydroxylation is 1. The average molecular weight is 361 g/mol. The van der Waals surface area contributed by atoms with Gasteiger partial charge in [-0.3, -0.25) is 0 Å². The number of anilines is 1. The molecule has 1 aromatic heterocycles. The van der Waals surface area contributed by atoms with Crippen LogP contribution < -0.4 is 4.90 Å². The summed E-state index contributed by atoms with van der Waals surface area (Å²) < 4.78 is 34.5. The molecule has 2 fully saturated rings. The number of hydrogen-bond acceptors (Lipinski definition) is 6. The highest BCUT2D eigenvalue weighted by molar-refractivity contribution is 7.86. The molecule has 2 aliphatic heterocycles. The zero-order valence-electron chi connectivity index (χ0n) is 13.8. The summed E-state index contributed by atoms with van der Waals surface area (Å²) in [6.45, 7) is 9.09. The van der Waals surface area contributed by atoms with Gasteiger partial charge in [0.05, 0.1) is 12.2 Å². The maximum absolute atomic E-state index is 12.8. The molecule has 0 aliphatic carbocycles. The van der Waals surface area contributed by atoms with Crippen molar-refractivity contribution in [1.29, 1.82) is 0 Å². The number of hydrogen-bond donors (Lipinski definition) is 0. The molecule has 2 unspecified atom stereocenters. The minimum absolute atomic E-state index is 0.0619. The third-order valence-corrected chi connectivity index (χ3v) is 7.10. The van der Waals surface area contributed by atoms with E-state index in [1.807, 2.05) is 27.0 Å². The number of morpholine rings is 1. The molecule has 2 saturated heterocycles. The molecule has 2 aliphatic rings. The highest BCUT2D eigenvalue weighted by Gasteiger charge is 2.36. The molecule has 7 nitrogen and oxygen atoms in total. The van der Waals surface area contributed by atoms with Crippen LogP contribution in [0.5, 0.6) is 0 Å². The Kier molecular flexibility index (Phi) is 4.93. The van der Waals surface area contributed by atoms with Crippen LogP contribution in [0.2, 0.25) is 0 Å². The SMILES string of the molecule is Cc1cnc(N2CCN(S(=O)(=O)N3CC(C)OC(C)C3)CC2)s1. The summed E-state index contributed by atoms with van der Waals surface area (Å²) in [5.74, 6) is 0. The number of piperazine rings is 1. The smallest absolute Gasteiger partial charge is 0.282 e. The van der Waals surface area contributed by atoms with Gasteiger partial charge in [-0.25, -0.2) is 4.98 Å². The van der Waals surface area contributed by atoms with Gasteiger partial charge >= 0.3 is 0 Å². The van der Waals surface area contributed by atoms with Crippen molar-refractivity contribution in [2.45, 2.75) is 33.0 Å². The zero-order chi connectivity index (χ0) is 16.6. The largest absolute Gasteiger partial charge is 0.373 e. The van der Waals surface area contributed by atoms with Crippen LogP contribution in [-0.4, -0.2) is 73.5 Å². The van der Waals surface area contributed by atoms with Gasteiger partial charge in [0.2, 0.25) is 0 Å². The quantitative estimate of drug-likeness (QED) is 0.802. The minimum atomic E-state index is -3.41. The summed E-state index contributed by atoms with van der Waals surface area (Å²) in [5, 5.41) is 0.980. The molecule has 0 aromatic carbocycles. The summed E-state index contributed by atoms with van der Waals surface area (Å²) in [6, 6.07) is 0. The Labute approximate surface area is 142 Å². The predicted octanol–water partition coefficient (Wildman–Crippen LogP) is 0.928. The van der Waals surface area contributed by atoms with E-state index in [0.717, 1.165) is 5.13 Å². The van der Waals surface area contributed by atoms with Gasteiger partial charge in [-0.2, -0.15) is 17.0 Å². The van der Waals surface area contributed by atoms with Crippen molar-refractivity contribution in [3.8, 4) is 0 Å². The third-order valence-electron chi connectivity index (χ3n) is 4.16. The molecule has 3 heterocycles. The van der Waals surface area contributed by atoms with E-state index >= 15 is 0 Å². The van der Waals surface area contributed by atoms with Crippen molar-refractivity contribution < 1.29 is 13.2 Å². The second kappa shape index (κ2) is 6.64. The fraction of sp³-hybridized carbons (Fsp3) is 0.786. The Morgan fingerprint density at radius 3 is 2.26 bits per heavy atom. The van der Waals surface area contributed by atoms with Gasteiger partial charge < -0.3 is 9.64 Å². The van der Waals surface area contributed by atoms with Gasteiger partial charge in [0.25, 0.3) is 10.2 Å². The summed E-state index contributed by atoms with van der Waals surface area (Å²) in [4.78, 5) is 7.72. The normalized spacial score (nSPS) is 28.2. The lowest BCUT2D eigenvalue weighted by atomic mass is 10.3. The lowest BCUT2D eigenvalue weighted by molar-refractivity contribution is -0.0455. The zero-order valence-corrected chi connectivity index (χ0v) is 15.4. The van der Waals surface area contributed by atoms with Crippen LogP contribution in [0.3, 0.4) is 0 Å². The molecule has 130 valence electrons. The maximum Gasteiger partial charge on any atom is 0.282 e. The highest BCUT2D eigenvalue weighted by Crippen LogP contribution is 2.24. The number of ether oxygens (including phenoxy) is 1. The molecule has 3 rings (SSSR count). The summed E-state index contributed by atoms with van der Waals surface area (Å²) in [6.07, 6.45) is 1.74. The van der Waals surface area contributed by atoms with Crippen LogP contribution in [0, 0.1) is 6.92 Å². The van der Waals surface area contributed by atoms with E-state index in [2.05, 4.69) is 9.88 Å². The molecule has 0 bridgehead atoms. The van der Waals surface area contributed by atoms with E-state index in [4.69, 9.17) is 4.74 Å². The van der Waals surface area contributed by atoms with Crippen molar-refractivity contribution in [1.82, 2.24) is 13.6 Å². The maximum atomic E-state index is 12.8. The first kappa shape index (κ1) is 17.1. The first-order chi connectivity index (χ1) is 10.9. The van der Waals surface area contributed by atoms with Crippen LogP contribution in [0.1, 0.15) is 18.7 Å². The summed E-state index contributed by atoms with van der Waals surface area (Å²) in [5.41, 5.74) is 0. The second-order valence-corrected chi connectivity index (χ2v) is 9.36. The fourth-order valence-electron chi connectivity index (χ4n) is 3.08. The highest BCUT2D eigenvalue weighted by atomic mass is 32.2.